The molecule has 1 unspecified atom stereocenters. The first-order valence-electron chi connectivity index (χ1n) is 8.05. The highest BCUT2D eigenvalue weighted by Crippen LogP contribution is 2.16. The molecule has 1 N–H and O–H groups in total. The van der Waals surface area contributed by atoms with Crippen molar-refractivity contribution in [2.75, 3.05) is 5.32 Å². The molecule has 2 heterocycles. The zero-order valence-corrected chi connectivity index (χ0v) is 15.4. The minimum Gasteiger partial charge on any atom is -0.324 e. The fourth-order valence-electron chi connectivity index (χ4n) is 2.59. The molecular weight excluding hydrogens is 354 g/mol. The Labute approximate surface area is 155 Å². The zero-order valence-electron chi connectivity index (χ0n) is 14.6. The number of aromatic nitrogens is 4. The van der Waals surface area contributed by atoms with E-state index in [0.717, 1.165) is 16.1 Å². The first-order valence-corrected chi connectivity index (χ1v) is 8.43. The van der Waals surface area contributed by atoms with E-state index in [0.29, 0.717) is 16.5 Å². The number of aryl methyl sites for hydroxylation is 2. The average Bonchev–Trinajstić information content (AvgIpc) is 2.93. The minimum atomic E-state index is -0.807. The quantitative estimate of drug-likeness (QED) is 0.764. The van der Waals surface area contributed by atoms with Gasteiger partial charge in [-0.15, -0.1) is 5.10 Å². The van der Waals surface area contributed by atoms with Crippen molar-refractivity contribution in [1.82, 2.24) is 19.6 Å². The Bertz CT molecular complexity index is 1020. The summed E-state index contributed by atoms with van der Waals surface area (Å²) in [4.78, 5) is 24.7. The molecule has 0 saturated heterocycles. The van der Waals surface area contributed by atoms with E-state index in [1.807, 2.05) is 19.9 Å². The van der Waals surface area contributed by atoms with Crippen molar-refractivity contribution >= 4 is 23.2 Å². The highest BCUT2D eigenvalue weighted by atomic mass is 35.5. The van der Waals surface area contributed by atoms with E-state index in [1.54, 1.807) is 41.9 Å². The van der Waals surface area contributed by atoms with Gasteiger partial charge in [0.05, 0.1) is 5.69 Å². The van der Waals surface area contributed by atoms with E-state index in [9.17, 15) is 9.59 Å². The second kappa shape index (κ2) is 7.13. The number of rotatable bonds is 4. The van der Waals surface area contributed by atoms with Gasteiger partial charge in [-0.3, -0.25) is 9.59 Å². The SMILES string of the molecule is Cc1cc(C)n(-c2ccc(=O)n(C(C)C(=O)Nc3cccc(Cl)c3)n2)n1. The van der Waals surface area contributed by atoms with E-state index in [-0.39, 0.29) is 11.5 Å². The summed E-state index contributed by atoms with van der Waals surface area (Å²) in [6.45, 7) is 5.38. The van der Waals surface area contributed by atoms with E-state index in [2.05, 4.69) is 15.5 Å². The van der Waals surface area contributed by atoms with Crippen LogP contribution in [0.2, 0.25) is 5.02 Å². The molecule has 26 heavy (non-hydrogen) atoms. The zero-order chi connectivity index (χ0) is 18.8. The van der Waals surface area contributed by atoms with Gasteiger partial charge in [-0.1, -0.05) is 17.7 Å². The number of anilines is 1. The summed E-state index contributed by atoms with van der Waals surface area (Å²) in [5.41, 5.74) is 1.91. The van der Waals surface area contributed by atoms with Crippen molar-refractivity contribution < 1.29 is 4.79 Å². The average molecular weight is 372 g/mol. The number of carbonyl (C=O) groups is 1. The number of nitrogens with zero attached hydrogens (tertiary/aromatic N) is 4. The highest BCUT2D eigenvalue weighted by molar-refractivity contribution is 6.30. The first kappa shape index (κ1) is 17.9. The summed E-state index contributed by atoms with van der Waals surface area (Å²) in [5, 5.41) is 11.9. The Morgan fingerprint density at radius 2 is 1.92 bits per heavy atom. The predicted molar refractivity (Wildman–Crippen MR) is 99.9 cm³/mol. The monoisotopic (exact) mass is 371 g/mol. The van der Waals surface area contributed by atoms with Crippen molar-refractivity contribution in [3.63, 3.8) is 0 Å². The molecule has 0 aliphatic rings. The molecule has 7 nitrogen and oxygen atoms in total. The van der Waals surface area contributed by atoms with Gasteiger partial charge in [0.2, 0.25) is 5.91 Å². The third-order valence-electron chi connectivity index (χ3n) is 3.88. The van der Waals surface area contributed by atoms with Crippen LogP contribution in [0.4, 0.5) is 5.69 Å². The van der Waals surface area contributed by atoms with E-state index < -0.39 is 6.04 Å². The van der Waals surface area contributed by atoms with Crippen molar-refractivity contribution in [3.05, 3.63) is 69.2 Å². The van der Waals surface area contributed by atoms with Crippen LogP contribution in [0.15, 0.2) is 47.3 Å². The number of hydrogen-bond donors (Lipinski definition) is 1. The fourth-order valence-corrected chi connectivity index (χ4v) is 2.78. The standard InChI is InChI=1S/C18H18ClN5O2/c1-11-9-12(2)23(21-11)16-7-8-17(25)24(22-16)13(3)18(26)20-15-6-4-5-14(19)10-15/h4-10,13H,1-3H3,(H,20,26). The molecule has 1 amide bonds. The van der Waals surface area contributed by atoms with Crippen LogP contribution in [-0.4, -0.2) is 25.5 Å². The summed E-state index contributed by atoms with van der Waals surface area (Å²) < 4.78 is 2.78. The molecule has 0 spiro atoms. The summed E-state index contributed by atoms with van der Waals surface area (Å²) in [6, 6.07) is 10.9. The van der Waals surface area contributed by atoms with Crippen LogP contribution in [0.25, 0.3) is 5.82 Å². The normalized spacial score (nSPS) is 12.0. The Morgan fingerprint density at radius 1 is 1.15 bits per heavy atom. The summed E-state index contributed by atoms with van der Waals surface area (Å²) in [6.07, 6.45) is 0. The predicted octanol–water partition coefficient (Wildman–Crippen LogP) is 2.90. The van der Waals surface area contributed by atoms with E-state index in [4.69, 9.17) is 11.6 Å². The Morgan fingerprint density at radius 3 is 2.58 bits per heavy atom. The largest absolute Gasteiger partial charge is 0.324 e. The Kier molecular flexibility index (Phi) is 4.90. The van der Waals surface area contributed by atoms with Crippen molar-refractivity contribution in [3.8, 4) is 5.82 Å². The van der Waals surface area contributed by atoms with Crippen molar-refractivity contribution in [2.24, 2.45) is 0 Å². The first-order chi connectivity index (χ1) is 12.3. The number of carbonyl (C=O) groups excluding carboxylic acids is 1. The molecule has 1 atom stereocenters. The van der Waals surface area contributed by atoms with Gasteiger partial charge in [-0.2, -0.15) is 5.10 Å². The van der Waals surface area contributed by atoms with Crippen LogP contribution in [0.5, 0.6) is 0 Å². The lowest BCUT2D eigenvalue weighted by molar-refractivity contribution is -0.119. The number of halogens is 1. The lowest BCUT2D eigenvalue weighted by atomic mass is 10.2. The molecule has 3 rings (SSSR count). The van der Waals surface area contributed by atoms with Crippen LogP contribution in [0.1, 0.15) is 24.4 Å². The molecule has 0 radical (unpaired) electrons. The van der Waals surface area contributed by atoms with Gasteiger partial charge in [-0.25, -0.2) is 9.36 Å². The second-order valence-corrected chi connectivity index (χ2v) is 6.43. The Hall–Kier alpha value is -2.93. The van der Waals surface area contributed by atoms with Crippen molar-refractivity contribution in [1.29, 1.82) is 0 Å². The van der Waals surface area contributed by atoms with Crippen LogP contribution in [-0.2, 0) is 4.79 Å². The third-order valence-corrected chi connectivity index (χ3v) is 4.11. The number of amides is 1. The number of hydrogen-bond acceptors (Lipinski definition) is 4. The van der Waals surface area contributed by atoms with E-state index >= 15 is 0 Å². The summed E-state index contributed by atoms with van der Waals surface area (Å²) >= 11 is 5.93. The topological polar surface area (TPSA) is 81.8 Å². The Balaban J connectivity index is 1.90. The molecule has 0 aliphatic carbocycles. The molecule has 1 aromatic carbocycles. The molecule has 0 fully saturated rings. The maximum absolute atomic E-state index is 12.5. The molecule has 134 valence electrons. The van der Waals surface area contributed by atoms with Crippen LogP contribution >= 0.6 is 11.6 Å². The molecule has 8 heteroatoms. The molecule has 0 saturated carbocycles. The van der Waals surface area contributed by atoms with Gasteiger partial charge in [0.15, 0.2) is 5.82 Å². The highest BCUT2D eigenvalue weighted by Gasteiger charge is 2.19. The van der Waals surface area contributed by atoms with Gasteiger partial charge >= 0.3 is 0 Å². The fraction of sp³-hybridized carbons (Fsp3) is 0.222. The van der Waals surface area contributed by atoms with Gasteiger partial charge in [0.1, 0.15) is 6.04 Å². The smallest absolute Gasteiger partial charge is 0.267 e. The minimum absolute atomic E-state index is 0.368. The van der Waals surface area contributed by atoms with Gasteiger partial charge in [-0.05, 0) is 51.1 Å². The molecular formula is C18H18ClN5O2. The molecule has 0 bridgehead atoms. The van der Waals surface area contributed by atoms with Crippen LogP contribution in [0.3, 0.4) is 0 Å². The number of benzene rings is 1. The van der Waals surface area contributed by atoms with Crippen molar-refractivity contribution in [2.45, 2.75) is 26.8 Å². The summed E-state index contributed by atoms with van der Waals surface area (Å²) in [5.74, 6) is 0.102. The molecule has 3 aromatic rings. The van der Waals surface area contributed by atoms with Gasteiger partial charge in [0.25, 0.3) is 5.56 Å². The molecule has 0 aliphatic heterocycles. The lowest BCUT2D eigenvalue weighted by Gasteiger charge is -2.15. The third kappa shape index (κ3) is 3.67. The van der Waals surface area contributed by atoms with Gasteiger partial charge in [0, 0.05) is 22.5 Å². The lowest BCUT2D eigenvalue weighted by Crippen LogP contribution is -2.33. The second-order valence-electron chi connectivity index (χ2n) is 5.99. The molecule has 2 aromatic heterocycles. The number of nitrogens with one attached hydrogen (secondary N) is 1. The van der Waals surface area contributed by atoms with E-state index in [1.165, 1.54) is 6.07 Å². The maximum Gasteiger partial charge on any atom is 0.267 e. The van der Waals surface area contributed by atoms with Crippen LogP contribution < -0.4 is 10.9 Å². The van der Waals surface area contributed by atoms with Crippen LogP contribution in [0, 0.1) is 13.8 Å². The van der Waals surface area contributed by atoms with Gasteiger partial charge < -0.3 is 5.32 Å². The summed E-state index contributed by atoms with van der Waals surface area (Å²) in [7, 11) is 0. The maximum atomic E-state index is 12.5.